The van der Waals surface area contributed by atoms with Crippen molar-refractivity contribution < 1.29 is 0 Å². The van der Waals surface area contributed by atoms with Crippen molar-refractivity contribution in [2.45, 2.75) is 27.2 Å². The molecule has 0 saturated carbocycles. The van der Waals surface area contributed by atoms with E-state index in [0.717, 1.165) is 6.42 Å². The minimum absolute atomic E-state index is 1.10. The molecule has 0 aliphatic carbocycles. The van der Waals surface area contributed by atoms with Crippen molar-refractivity contribution >= 4 is 34.0 Å². The molecule has 0 aliphatic rings. The van der Waals surface area contributed by atoms with E-state index in [2.05, 4.69) is 49.7 Å². The molecule has 3 aromatic rings. The Bertz CT molecular complexity index is 697. The molecule has 0 radical (unpaired) electrons. The standard InChI is InChI=1S/C16H16S3/c1-4-12-9-13(14-10(2)5-7-17-14)19-16(12)15-11(3)6-8-18-15/h5-9H,4H2,1-3H3. The first-order valence-electron chi connectivity index (χ1n) is 6.42. The van der Waals surface area contributed by atoms with E-state index >= 15 is 0 Å². The molecule has 0 N–H and O–H groups in total. The molecule has 0 amide bonds. The largest absolute Gasteiger partial charge is 0.143 e. The number of thiophene rings is 3. The summed E-state index contributed by atoms with van der Waals surface area (Å²) in [5, 5.41) is 4.38. The molecule has 19 heavy (non-hydrogen) atoms. The Morgan fingerprint density at radius 3 is 2.05 bits per heavy atom. The van der Waals surface area contributed by atoms with E-state index in [1.807, 2.05) is 34.0 Å². The molecule has 0 fully saturated rings. The van der Waals surface area contributed by atoms with Crippen LogP contribution in [0.1, 0.15) is 23.6 Å². The third kappa shape index (κ3) is 2.31. The smallest absolute Gasteiger partial charge is 0.0484 e. The molecule has 0 spiro atoms. The summed E-state index contributed by atoms with van der Waals surface area (Å²) in [6.45, 7) is 6.66. The van der Waals surface area contributed by atoms with Gasteiger partial charge >= 0.3 is 0 Å². The fourth-order valence-electron chi connectivity index (χ4n) is 2.23. The predicted octanol–water partition coefficient (Wildman–Crippen LogP) is 6.38. The summed E-state index contributed by atoms with van der Waals surface area (Å²) < 4.78 is 0. The van der Waals surface area contributed by atoms with Gasteiger partial charge in [0, 0.05) is 19.5 Å². The Labute approximate surface area is 126 Å². The second-order valence-corrected chi connectivity index (χ2v) is 7.57. The highest BCUT2D eigenvalue weighted by Gasteiger charge is 2.15. The SMILES string of the molecule is CCc1cc(-c2sccc2C)sc1-c1sccc1C. The van der Waals surface area contributed by atoms with Crippen molar-refractivity contribution in [2.75, 3.05) is 0 Å². The maximum absolute atomic E-state index is 2.39. The molecule has 0 aliphatic heterocycles. The molecular formula is C16H16S3. The van der Waals surface area contributed by atoms with Gasteiger partial charge in [0.05, 0.1) is 0 Å². The van der Waals surface area contributed by atoms with E-state index in [9.17, 15) is 0 Å². The van der Waals surface area contributed by atoms with Crippen LogP contribution in [-0.2, 0) is 6.42 Å². The summed E-state index contributed by atoms with van der Waals surface area (Å²) in [4.78, 5) is 5.77. The summed E-state index contributed by atoms with van der Waals surface area (Å²) >= 11 is 5.66. The van der Waals surface area contributed by atoms with E-state index in [4.69, 9.17) is 0 Å². The van der Waals surface area contributed by atoms with E-state index in [1.54, 1.807) is 0 Å². The summed E-state index contributed by atoms with van der Waals surface area (Å²) in [7, 11) is 0. The number of rotatable bonds is 3. The van der Waals surface area contributed by atoms with Gasteiger partial charge in [0.2, 0.25) is 0 Å². The molecule has 0 atom stereocenters. The summed E-state index contributed by atoms with van der Waals surface area (Å²) in [6.07, 6.45) is 1.10. The van der Waals surface area contributed by atoms with Gasteiger partial charge in [-0.2, -0.15) is 0 Å². The van der Waals surface area contributed by atoms with Gasteiger partial charge in [0.15, 0.2) is 0 Å². The number of aryl methyl sites for hydroxylation is 3. The highest BCUT2D eigenvalue weighted by atomic mass is 32.1. The average molecular weight is 305 g/mol. The van der Waals surface area contributed by atoms with Gasteiger partial charge in [-0.3, -0.25) is 0 Å². The highest BCUT2D eigenvalue weighted by molar-refractivity contribution is 7.26. The van der Waals surface area contributed by atoms with Crippen molar-refractivity contribution in [3.05, 3.63) is 45.6 Å². The normalized spacial score (nSPS) is 11.1. The minimum atomic E-state index is 1.10. The van der Waals surface area contributed by atoms with Crippen LogP contribution in [0.3, 0.4) is 0 Å². The van der Waals surface area contributed by atoms with Crippen LogP contribution in [0.5, 0.6) is 0 Å². The third-order valence-electron chi connectivity index (χ3n) is 3.34. The lowest BCUT2D eigenvalue weighted by Crippen LogP contribution is -1.78. The van der Waals surface area contributed by atoms with Crippen LogP contribution in [0, 0.1) is 13.8 Å². The highest BCUT2D eigenvalue weighted by Crippen LogP contribution is 2.43. The summed E-state index contributed by atoms with van der Waals surface area (Å²) in [5.74, 6) is 0. The van der Waals surface area contributed by atoms with Crippen molar-refractivity contribution in [1.82, 2.24) is 0 Å². The van der Waals surface area contributed by atoms with Crippen molar-refractivity contribution in [2.24, 2.45) is 0 Å². The molecule has 0 bridgehead atoms. The van der Waals surface area contributed by atoms with Gasteiger partial charge in [0.25, 0.3) is 0 Å². The van der Waals surface area contributed by atoms with Gasteiger partial charge in [0.1, 0.15) is 0 Å². The molecule has 0 unspecified atom stereocenters. The van der Waals surface area contributed by atoms with Gasteiger partial charge in [-0.15, -0.1) is 34.0 Å². The van der Waals surface area contributed by atoms with Crippen LogP contribution < -0.4 is 0 Å². The first-order chi connectivity index (χ1) is 9.20. The fourth-order valence-corrected chi connectivity index (χ4v) is 5.77. The Morgan fingerprint density at radius 1 is 0.895 bits per heavy atom. The minimum Gasteiger partial charge on any atom is -0.143 e. The topological polar surface area (TPSA) is 0 Å². The second-order valence-electron chi connectivity index (χ2n) is 4.68. The zero-order valence-electron chi connectivity index (χ0n) is 11.3. The predicted molar refractivity (Wildman–Crippen MR) is 89.8 cm³/mol. The van der Waals surface area contributed by atoms with Crippen LogP contribution in [-0.4, -0.2) is 0 Å². The van der Waals surface area contributed by atoms with Crippen LogP contribution in [0.4, 0.5) is 0 Å². The fraction of sp³-hybridized carbons (Fsp3) is 0.250. The number of hydrogen-bond acceptors (Lipinski definition) is 3. The molecule has 3 heterocycles. The van der Waals surface area contributed by atoms with E-state index < -0.39 is 0 Å². The molecule has 0 saturated heterocycles. The molecule has 3 heteroatoms. The van der Waals surface area contributed by atoms with Gasteiger partial charge < -0.3 is 0 Å². The van der Waals surface area contributed by atoms with Gasteiger partial charge in [-0.1, -0.05) is 6.92 Å². The maximum atomic E-state index is 2.39. The lowest BCUT2D eigenvalue weighted by atomic mass is 10.1. The Morgan fingerprint density at radius 2 is 1.53 bits per heavy atom. The molecular weight excluding hydrogens is 288 g/mol. The van der Waals surface area contributed by atoms with Crippen LogP contribution in [0.15, 0.2) is 29.0 Å². The second kappa shape index (κ2) is 5.23. The zero-order valence-corrected chi connectivity index (χ0v) is 13.8. The van der Waals surface area contributed by atoms with Crippen LogP contribution in [0.25, 0.3) is 19.5 Å². The lowest BCUT2D eigenvalue weighted by molar-refractivity contribution is 1.16. The molecule has 0 aromatic carbocycles. The van der Waals surface area contributed by atoms with Crippen molar-refractivity contribution in [3.8, 4) is 19.5 Å². The summed E-state index contributed by atoms with van der Waals surface area (Å²) in [6, 6.07) is 6.81. The summed E-state index contributed by atoms with van der Waals surface area (Å²) in [5.41, 5.74) is 4.28. The molecule has 3 rings (SSSR count). The monoisotopic (exact) mass is 304 g/mol. The van der Waals surface area contributed by atoms with Gasteiger partial charge in [-0.25, -0.2) is 0 Å². The van der Waals surface area contributed by atoms with Crippen molar-refractivity contribution in [1.29, 1.82) is 0 Å². The maximum Gasteiger partial charge on any atom is 0.0484 e. The van der Waals surface area contributed by atoms with E-state index in [0.29, 0.717) is 0 Å². The van der Waals surface area contributed by atoms with Gasteiger partial charge in [-0.05, 0) is 65.9 Å². The van der Waals surface area contributed by atoms with Crippen molar-refractivity contribution in [3.63, 3.8) is 0 Å². The Hall–Kier alpha value is -0.900. The van der Waals surface area contributed by atoms with E-state index in [1.165, 1.54) is 36.2 Å². The Balaban J connectivity index is 2.14. The third-order valence-corrected chi connectivity index (χ3v) is 6.90. The van der Waals surface area contributed by atoms with Crippen LogP contribution in [0.2, 0.25) is 0 Å². The first kappa shape index (κ1) is 13.1. The quantitative estimate of drug-likeness (QED) is 0.526. The Kier molecular flexibility index (Phi) is 3.61. The molecule has 98 valence electrons. The molecule has 0 nitrogen and oxygen atoms in total. The molecule has 3 aromatic heterocycles. The first-order valence-corrected chi connectivity index (χ1v) is 9.00. The zero-order chi connectivity index (χ0) is 13.4. The van der Waals surface area contributed by atoms with E-state index in [-0.39, 0.29) is 0 Å². The lowest BCUT2D eigenvalue weighted by Gasteiger charge is -1.99. The van der Waals surface area contributed by atoms with Crippen LogP contribution >= 0.6 is 34.0 Å². The average Bonchev–Trinajstić information content (AvgIpc) is 3.07. The number of hydrogen-bond donors (Lipinski definition) is 0.